The molecule has 0 saturated heterocycles. The minimum Gasteiger partial charge on any atom is -0.273 e. The third-order valence-electron chi connectivity index (χ3n) is 2.26. The van der Waals surface area contributed by atoms with Crippen molar-refractivity contribution in [3.8, 4) is 0 Å². The van der Waals surface area contributed by atoms with Gasteiger partial charge < -0.3 is 0 Å². The number of carbonyl (C=O) groups is 1. The Balaban J connectivity index is 2.16. The SMILES string of the molecule is CC1=NN(Cc2ccccc2F)C(=O)C1. The van der Waals surface area contributed by atoms with E-state index in [1.807, 2.05) is 0 Å². The van der Waals surface area contributed by atoms with E-state index in [1.54, 1.807) is 25.1 Å². The monoisotopic (exact) mass is 206 g/mol. The average Bonchev–Trinajstić information content (AvgIpc) is 2.49. The number of carbonyl (C=O) groups excluding carboxylic acids is 1. The van der Waals surface area contributed by atoms with Gasteiger partial charge >= 0.3 is 0 Å². The molecule has 2 rings (SSSR count). The first-order chi connectivity index (χ1) is 7.16. The van der Waals surface area contributed by atoms with Crippen LogP contribution in [-0.2, 0) is 11.3 Å². The lowest BCUT2D eigenvalue weighted by Crippen LogP contribution is -2.20. The molecule has 1 heterocycles. The Bertz CT molecular complexity index is 428. The molecule has 0 atom stereocenters. The molecule has 3 nitrogen and oxygen atoms in total. The van der Waals surface area contributed by atoms with Crippen molar-refractivity contribution in [1.29, 1.82) is 0 Å². The van der Waals surface area contributed by atoms with Crippen molar-refractivity contribution in [3.63, 3.8) is 0 Å². The first-order valence-corrected chi connectivity index (χ1v) is 4.74. The third kappa shape index (κ3) is 2.03. The highest BCUT2D eigenvalue weighted by molar-refractivity contribution is 6.03. The Morgan fingerprint density at radius 2 is 2.20 bits per heavy atom. The van der Waals surface area contributed by atoms with Crippen LogP contribution in [0.1, 0.15) is 18.9 Å². The third-order valence-corrected chi connectivity index (χ3v) is 2.26. The number of halogens is 1. The van der Waals surface area contributed by atoms with Gasteiger partial charge in [-0.1, -0.05) is 18.2 Å². The molecule has 0 aromatic heterocycles. The van der Waals surface area contributed by atoms with E-state index in [9.17, 15) is 9.18 Å². The molecule has 1 aromatic carbocycles. The first-order valence-electron chi connectivity index (χ1n) is 4.74. The predicted octanol–water partition coefficient (Wildman–Crippen LogP) is 1.93. The highest BCUT2D eigenvalue weighted by Crippen LogP contribution is 2.15. The molecule has 1 aliphatic heterocycles. The molecule has 0 bridgehead atoms. The zero-order valence-electron chi connectivity index (χ0n) is 8.40. The van der Waals surface area contributed by atoms with E-state index in [4.69, 9.17) is 0 Å². The van der Waals surface area contributed by atoms with Crippen LogP contribution in [0.3, 0.4) is 0 Å². The summed E-state index contributed by atoms with van der Waals surface area (Å²) >= 11 is 0. The maximum absolute atomic E-state index is 13.3. The van der Waals surface area contributed by atoms with Gasteiger partial charge in [0.25, 0.3) is 0 Å². The van der Waals surface area contributed by atoms with E-state index in [2.05, 4.69) is 5.10 Å². The number of hydrogen-bond acceptors (Lipinski definition) is 2. The Labute approximate surface area is 87.2 Å². The van der Waals surface area contributed by atoms with Gasteiger partial charge in [-0.25, -0.2) is 9.40 Å². The van der Waals surface area contributed by atoms with Gasteiger partial charge in [0.2, 0.25) is 5.91 Å². The minimum absolute atomic E-state index is 0.0734. The van der Waals surface area contributed by atoms with Crippen LogP contribution < -0.4 is 0 Å². The second-order valence-electron chi connectivity index (χ2n) is 3.55. The second kappa shape index (κ2) is 3.81. The smallest absolute Gasteiger partial charge is 0.248 e. The molecule has 0 radical (unpaired) electrons. The highest BCUT2D eigenvalue weighted by Gasteiger charge is 2.21. The summed E-state index contributed by atoms with van der Waals surface area (Å²) in [5.41, 5.74) is 1.26. The van der Waals surface area contributed by atoms with E-state index < -0.39 is 0 Å². The highest BCUT2D eigenvalue weighted by atomic mass is 19.1. The Morgan fingerprint density at radius 3 is 2.80 bits per heavy atom. The summed E-state index contributed by atoms with van der Waals surface area (Å²) in [4.78, 5) is 11.4. The maximum atomic E-state index is 13.3. The van der Waals surface area contributed by atoms with Gasteiger partial charge in [-0.15, -0.1) is 0 Å². The quantitative estimate of drug-likeness (QED) is 0.727. The van der Waals surface area contributed by atoms with E-state index in [1.165, 1.54) is 11.1 Å². The van der Waals surface area contributed by atoms with Crippen LogP contribution in [0.5, 0.6) is 0 Å². The van der Waals surface area contributed by atoms with Crippen LogP contribution in [0.15, 0.2) is 29.4 Å². The van der Waals surface area contributed by atoms with Crippen molar-refractivity contribution in [1.82, 2.24) is 5.01 Å². The zero-order valence-corrected chi connectivity index (χ0v) is 8.40. The van der Waals surface area contributed by atoms with Crippen LogP contribution >= 0.6 is 0 Å². The van der Waals surface area contributed by atoms with Crippen LogP contribution in [0.4, 0.5) is 4.39 Å². The number of hydrogen-bond donors (Lipinski definition) is 0. The van der Waals surface area contributed by atoms with E-state index >= 15 is 0 Å². The van der Waals surface area contributed by atoms with Crippen molar-refractivity contribution in [3.05, 3.63) is 35.6 Å². The van der Waals surface area contributed by atoms with Crippen LogP contribution in [0, 0.1) is 5.82 Å². The summed E-state index contributed by atoms with van der Waals surface area (Å²) in [6.07, 6.45) is 0.342. The van der Waals surface area contributed by atoms with Crippen molar-refractivity contribution >= 4 is 11.6 Å². The molecule has 0 fully saturated rings. The number of rotatable bonds is 2. The lowest BCUT2D eigenvalue weighted by molar-refractivity contribution is -0.129. The van der Waals surface area contributed by atoms with Crippen molar-refractivity contribution in [2.75, 3.05) is 0 Å². The Morgan fingerprint density at radius 1 is 1.47 bits per heavy atom. The average molecular weight is 206 g/mol. The first kappa shape index (κ1) is 9.83. The fraction of sp³-hybridized carbons (Fsp3) is 0.273. The van der Waals surface area contributed by atoms with Crippen molar-refractivity contribution in [2.24, 2.45) is 5.10 Å². The van der Waals surface area contributed by atoms with E-state index in [0.717, 1.165) is 5.71 Å². The Hall–Kier alpha value is -1.71. The molecule has 78 valence electrons. The number of nitrogens with zero attached hydrogens (tertiary/aromatic N) is 2. The normalized spacial score (nSPS) is 15.7. The van der Waals surface area contributed by atoms with Crippen LogP contribution in [0.2, 0.25) is 0 Å². The predicted molar refractivity (Wildman–Crippen MR) is 54.7 cm³/mol. The van der Waals surface area contributed by atoms with Crippen molar-refractivity contribution in [2.45, 2.75) is 19.9 Å². The summed E-state index contributed by atoms with van der Waals surface area (Å²) in [5, 5.41) is 5.35. The van der Waals surface area contributed by atoms with Gasteiger partial charge in [-0.2, -0.15) is 5.10 Å². The fourth-order valence-electron chi connectivity index (χ4n) is 1.52. The number of benzene rings is 1. The summed E-state index contributed by atoms with van der Waals surface area (Å²) in [5.74, 6) is -0.374. The number of amides is 1. The largest absolute Gasteiger partial charge is 0.273 e. The Kier molecular flexibility index (Phi) is 2.49. The molecular formula is C11H11FN2O. The molecule has 0 spiro atoms. The minimum atomic E-state index is -0.301. The summed E-state index contributed by atoms with van der Waals surface area (Å²) in [7, 11) is 0. The molecule has 0 saturated carbocycles. The lowest BCUT2D eigenvalue weighted by atomic mass is 10.2. The van der Waals surface area contributed by atoms with Gasteiger partial charge in [0.05, 0.1) is 13.0 Å². The van der Waals surface area contributed by atoms with Crippen molar-refractivity contribution < 1.29 is 9.18 Å². The molecular weight excluding hydrogens is 195 g/mol. The molecule has 1 aliphatic rings. The molecule has 0 aliphatic carbocycles. The molecule has 0 unspecified atom stereocenters. The summed E-state index contributed by atoms with van der Waals surface area (Å²) in [6.45, 7) is 2.00. The molecule has 4 heteroatoms. The lowest BCUT2D eigenvalue weighted by Gasteiger charge is -2.11. The second-order valence-corrected chi connectivity index (χ2v) is 3.55. The van der Waals surface area contributed by atoms with Gasteiger partial charge in [0.15, 0.2) is 0 Å². The van der Waals surface area contributed by atoms with Gasteiger partial charge in [-0.05, 0) is 13.0 Å². The standard InChI is InChI=1S/C11H11FN2O/c1-8-6-11(15)14(13-8)7-9-4-2-3-5-10(9)12/h2-5H,6-7H2,1H3. The van der Waals surface area contributed by atoms with Crippen LogP contribution in [0.25, 0.3) is 0 Å². The number of hydrazone groups is 1. The maximum Gasteiger partial charge on any atom is 0.248 e. The van der Waals surface area contributed by atoms with Gasteiger partial charge in [0.1, 0.15) is 5.82 Å². The molecule has 0 N–H and O–H groups in total. The molecule has 15 heavy (non-hydrogen) atoms. The fourth-order valence-corrected chi connectivity index (χ4v) is 1.52. The van der Waals surface area contributed by atoms with Gasteiger partial charge in [-0.3, -0.25) is 4.79 Å². The topological polar surface area (TPSA) is 32.7 Å². The summed E-state index contributed by atoms with van der Waals surface area (Å²) < 4.78 is 13.3. The molecule has 1 aromatic rings. The summed E-state index contributed by atoms with van der Waals surface area (Å²) in [6, 6.07) is 6.41. The zero-order chi connectivity index (χ0) is 10.8. The van der Waals surface area contributed by atoms with E-state index in [-0.39, 0.29) is 18.3 Å². The molecule has 1 amide bonds. The van der Waals surface area contributed by atoms with E-state index in [0.29, 0.717) is 12.0 Å². The van der Waals surface area contributed by atoms with Gasteiger partial charge in [0, 0.05) is 11.3 Å². The van der Waals surface area contributed by atoms with Crippen LogP contribution in [-0.4, -0.2) is 16.6 Å².